The molecule has 2 rings (SSSR count). The van der Waals surface area contributed by atoms with Gasteiger partial charge >= 0.3 is 0 Å². The van der Waals surface area contributed by atoms with Crippen molar-refractivity contribution < 1.29 is 14.6 Å². The quantitative estimate of drug-likeness (QED) is 0.828. The van der Waals surface area contributed by atoms with E-state index in [1.165, 1.54) is 6.07 Å². The first kappa shape index (κ1) is 13.0. The Bertz CT molecular complexity index is 581. The highest BCUT2D eigenvalue weighted by Gasteiger charge is 2.09. The highest BCUT2D eigenvalue weighted by molar-refractivity contribution is 6.05. The van der Waals surface area contributed by atoms with Crippen LogP contribution in [0.5, 0.6) is 11.5 Å². The monoisotopic (exact) mass is 257 g/mol. The minimum absolute atomic E-state index is 0.0387. The molecule has 4 nitrogen and oxygen atoms in total. The van der Waals surface area contributed by atoms with Gasteiger partial charge in [0.25, 0.3) is 5.91 Å². The SMILES string of the molecule is CCOc1cccc(C(=O)Nc2ccccc2O)c1. The molecule has 2 aromatic carbocycles. The summed E-state index contributed by atoms with van der Waals surface area (Å²) in [5.74, 6) is 0.396. The Morgan fingerprint density at radius 1 is 1.21 bits per heavy atom. The number of carbonyl (C=O) groups is 1. The molecule has 4 heteroatoms. The topological polar surface area (TPSA) is 58.6 Å². The van der Waals surface area contributed by atoms with E-state index in [4.69, 9.17) is 4.74 Å². The fourth-order valence-electron chi connectivity index (χ4n) is 1.67. The molecule has 2 N–H and O–H groups in total. The van der Waals surface area contributed by atoms with Crippen LogP contribution in [-0.2, 0) is 0 Å². The molecule has 0 saturated carbocycles. The fraction of sp³-hybridized carbons (Fsp3) is 0.133. The number of anilines is 1. The molecule has 0 aliphatic rings. The Labute approximate surface area is 111 Å². The van der Waals surface area contributed by atoms with Crippen molar-refractivity contribution >= 4 is 11.6 Å². The van der Waals surface area contributed by atoms with Crippen molar-refractivity contribution in [2.24, 2.45) is 0 Å². The largest absolute Gasteiger partial charge is 0.506 e. The van der Waals surface area contributed by atoms with Gasteiger partial charge in [-0.3, -0.25) is 4.79 Å². The Balaban J connectivity index is 2.16. The molecule has 0 aliphatic heterocycles. The number of phenolic OH excluding ortho intramolecular Hbond substituents is 1. The zero-order valence-electron chi connectivity index (χ0n) is 10.6. The maximum absolute atomic E-state index is 12.0. The van der Waals surface area contributed by atoms with Crippen LogP contribution in [0.4, 0.5) is 5.69 Å². The molecule has 0 spiro atoms. The summed E-state index contributed by atoms with van der Waals surface area (Å²) in [7, 11) is 0. The number of hydrogen-bond acceptors (Lipinski definition) is 3. The number of rotatable bonds is 4. The van der Waals surface area contributed by atoms with Crippen molar-refractivity contribution in [1.82, 2.24) is 0 Å². The van der Waals surface area contributed by atoms with E-state index in [2.05, 4.69) is 5.32 Å². The summed E-state index contributed by atoms with van der Waals surface area (Å²) in [6.45, 7) is 2.43. The molecule has 0 saturated heterocycles. The van der Waals surface area contributed by atoms with E-state index in [1.807, 2.05) is 6.92 Å². The second-order valence-electron chi connectivity index (χ2n) is 3.93. The second kappa shape index (κ2) is 5.91. The van der Waals surface area contributed by atoms with Crippen molar-refractivity contribution in [2.45, 2.75) is 6.92 Å². The zero-order chi connectivity index (χ0) is 13.7. The third kappa shape index (κ3) is 3.25. The molecule has 2 aromatic rings. The molecule has 0 unspecified atom stereocenters. The summed E-state index contributed by atoms with van der Waals surface area (Å²) in [4.78, 5) is 12.0. The van der Waals surface area contributed by atoms with Crippen LogP contribution in [0.1, 0.15) is 17.3 Å². The van der Waals surface area contributed by atoms with Gasteiger partial charge in [0.2, 0.25) is 0 Å². The summed E-state index contributed by atoms with van der Waals surface area (Å²) < 4.78 is 5.34. The standard InChI is InChI=1S/C15H15NO3/c1-2-19-12-7-5-6-11(10-12)15(18)16-13-8-3-4-9-14(13)17/h3-10,17H,2H2,1H3,(H,16,18). The van der Waals surface area contributed by atoms with E-state index < -0.39 is 0 Å². The lowest BCUT2D eigenvalue weighted by Crippen LogP contribution is -2.12. The Morgan fingerprint density at radius 2 is 2.00 bits per heavy atom. The normalized spacial score (nSPS) is 9.95. The van der Waals surface area contributed by atoms with Crippen molar-refractivity contribution in [3.63, 3.8) is 0 Å². The van der Waals surface area contributed by atoms with Crippen LogP contribution < -0.4 is 10.1 Å². The van der Waals surface area contributed by atoms with Crippen LogP contribution in [0, 0.1) is 0 Å². The Morgan fingerprint density at radius 3 is 2.74 bits per heavy atom. The van der Waals surface area contributed by atoms with Crippen LogP contribution in [0.2, 0.25) is 0 Å². The molecule has 98 valence electrons. The van der Waals surface area contributed by atoms with Crippen molar-refractivity contribution in [2.75, 3.05) is 11.9 Å². The molecule has 0 aromatic heterocycles. The first-order chi connectivity index (χ1) is 9.20. The predicted octanol–water partition coefficient (Wildman–Crippen LogP) is 3.04. The van der Waals surface area contributed by atoms with Gasteiger partial charge in [-0.1, -0.05) is 18.2 Å². The molecule has 0 heterocycles. The molecule has 0 bridgehead atoms. The van der Waals surface area contributed by atoms with Gasteiger partial charge in [-0.2, -0.15) is 0 Å². The smallest absolute Gasteiger partial charge is 0.255 e. The van der Waals surface area contributed by atoms with Crippen molar-refractivity contribution in [1.29, 1.82) is 0 Å². The lowest BCUT2D eigenvalue weighted by atomic mass is 10.2. The summed E-state index contributed by atoms with van der Waals surface area (Å²) in [5, 5.41) is 12.3. The fourth-order valence-corrected chi connectivity index (χ4v) is 1.67. The number of ether oxygens (including phenoxy) is 1. The van der Waals surface area contributed by atoms with Gasteiger partial charge in [-0.05, 0) is 37.3 Å². The number of phenols is 1. The van der Waals surface area contributed by atoms with E-state index in [1.54, 1.807) is 42.5 Å². The third-order valence-electron chi connectivity index (χ3n) is 2.56. The van der Waals surface area contributed by atoms with Gasteiger partial charge in [0.05, 0.1) is 12.3 Å². The van der Waals surface area contributed by atoms with Crippen LogP contribution in [0.3, 0.4) is 0 Å². The van der Waals surface area contributed by atoms with Crippen LogP contribution in [-0.4, -0.2) is 17.6 Å². The van der Waals surface area contributed by atoms with Gasteiger partial charge in [0, 0.05) is 5.56 Å². The van der Waals surface area contributed by atoms with E-state index in [0.29, 0.717) is 23.6 Å². The molecule has 0 fully saturated rings. The Kier molecular flexibility index (Phi) is 4.03. The number of para-hydroxylation sites is 2. The highest BCUT2D eigenvalue weighted by atomic mass is 16.5. The lowest BCUT2D eigenvalue weighted by Gasteiger charge is -2.08. The number of carbonyl (C=O) groups excluding carboxylic acids is 1. The maximum Gasteiger partial charge on any atom is 0.255 e. The van der Waals surface area contributed by atoms with Crippen LogP contribution in [0.25, 0.3) is 0 Å². The molecular weight excluding hydrogens is 242 g/mol. The van der Waals surface area contributed by atoms with Gasteiger partial charge in [0.1, 0.15) is 11.5 Å². The molecule has 1 amide bonds. The molecule has 0 atom stereocenters. The molecule has 19 heavy (non-hydrogen) atoms. The number of amides is 1. The van der Waals surface area contributed by atoms with Gasteiger partial charge < -0.3 is 15.2 Å². The second-order valence-corrected chi connectivity index (χ2v) is 3.93. The summed E-state index contributed by atoms with van der Waals surface area (Å²) in [6, 6.07) is 13.5. The number of hydrogen-bond donors (Lipinski definition) is 2. The average molecular weight is 257 g/mol. The van der Waals surface area contributed by atoms with Gasteiger partial charge in [-0.15, -0.1) is 0 Å². The summed E-state index contributed by atoms with van der Waals surface area (Å²) >= 11 is 0. The van der Waals surface area contributed by atoms with Gasteiger partial charge in [0.15, 0.2) is 0 Å². The predicted molar refractivity (Wildman–Crippen MR) is 73.7 cm³/mol. The first-order valence-electron chi connectivity index (χ1n) is 6.03. The minimum Gasteiger partial charge on any atom is -0.506 e. The molecule has 0 radical (unpaired) electrons. The van der Waals surface area contributed by atoms with Crippen LogP contribution in [0.15, 0.2) is 48.5 Å². The number of benzene rings is 2. The summed E-state index contributed by atoms with van der Waals surface area (Å²) in [5.41, 5.74) is 0.864. The van der Waals surface area contributed by atoms with Crippen molar-refractivity contribution in [3.05, 3.63) is 54.1 Å². The van der Waals surface area contributed by atoms with E-state index in [0.717, 1.165) is 0 Å². The average Bonchev–Trinajstić information content (AvgIpc) is 2.42. The Hall–Kier alpha value is -2.49. The summed E-state index contributed by atoms with van der Waals surface area (Å²) in [6.07, 6.45) is 0. The zero-order valence-corrected chi connectivity index (χ0v) is 10.6. The number of aromatic hydroxyl groups is 1. The van der Waals surface area contributed by atoms with Crippen LogP contribution >= 0.6 is 0 Å². The number of nitrogens with one attached hydrogen (secondary N) is 1. The minimum atomic E-state index is -0.289. The van der Waals surface area contributed by atoms with E-state index >= 15 is 0 Å². The third-order valence-corrected chi connectivity index (χ3v) is 2.56. The van der Waals surface area contributed by atoms with E-state index in [9.17, 15) is 9.90 Å². The lowest BCUT2D eigenvalue weighted by molar-refractivity contribution is 0.102. The molecule has 0 aliphatic carbocycles. The molecular formula is C15H15NO3. The first-order valence-corrected chi connectivity index (χ1v) is 6.03. The van der Waals surface area contributed by atoms with Gasteiger partial charge in [-0.25, -0.2) is 0 Å². The van der Waals surface area contributed by atoms with Crippen molar-refractivity contribution in [3.8, 4) is 11.5 Å². The van der Waals surface area contributed by atoms with E-state index in [-0.39, 0.29) is 11.7 Å². The maximum atomic E-state index is 12.0. The highest BCUT2D eigenvalue weighted by Crippen LogP contribution is 2.22.